The number of benzene rings is 2. The van der Waals surface area contributed by atoms with E-state index in [1.54, 1.807) is 0 Å². The predicted octanol–water partition coefficient (Wildman–Crippen LogP) is 5.59. The lowest BCUT2D eigenvalue weighted by Crippen LogP contribution is -1.99. The summed E-state index contributed by atoms with van der Waals surface area (Å²) in [6, 6.07) is 14.7. The van der Waals surface area contributed by atoms with Gasteiger partial charge in [0.1, 0.15) is 0 Å². The lowest BCUT2D eigenvalue weighted by Gasteiger charge is -2.14. The van der Waals surface area contributed by atoms with Gasteiger partial charge in [-0.3, -0.25) is 0 Å². The average molecular weight is 324 g/mol. The molecule has 0 aliphatic carbocycles. The minimum absolute atomic E-state index is 0.000347. The zero-order valence-electron chi connectivity index (χ0n) is 10.6. The van der Waals surface area contributed by atoms with E-state index in [-0.39, 0.29) is 5.38 Å². The molecule has 0 aliphatic heterocycles. The minimum Gasteiger partial charge on any atom is -0.117 e. The molecule has 2 rings (SSSR count). The van der Waals surface area contributed by atoms with Crippen molar-refractivity contribution < 1.29 is 0 Å². The molecule has 0 heterocycles. The van der Waals surface area contributed by atoms with Crippen molar-refractivity contribution in [1.29, 1.82) is 0 Å². The molecule has 18 heavy (non-hydrogen) atoms. The molecule has 0 N–H and O–H groups in total. The van der Waals surface area contributed by atoms with Gasteiger partial charge in [0, 0.05) is 4.47 Å². The summed E-state index contributed by atoms with van der Waals surface area (Å²) in [4.78, 5) is 0. The number of hydrogen-bond acceptors (Lipinski definition) is 0. The van der Waals surface area contributed by atoms with Crippen LogP contribution in [0.1, 0.15) is 27.6 Å². The zero-order chi connectivity index (χ0) is 13.1. The highest BCUT2D eigenvalue weighted by Gasteiger charge is 2.13. The van der Waals surface area contributed by atoms with E-state index >= 15 is 0 Å². The highest BCUT2D eigenvalue weighted by Crippen LogP contribution is 2.32. The molecule has 1 unspecified atom stereocenters. The van der Waals surface area contributed by atoms with E-state index in [1.165, 1.54) is 22.3 Å². The number of rotatable bonds is 3. The summed E-state index contributed by atoms with van der Waals surface area (Å²) in [5.74, 6) is 0. The molecule has 2 aromatic carbocycles. The molecule has 0 bridgehead atoms. The van der Waals surface area contributed by atoms with Crippen LogP contribution >= 0.6 is 27.5 Å². The van der Waals surface area contributed by atoms with Gasteiger partial charge in [-0.05, 0) is 43.0 Å². The molecule has 0 saturated carbocycles. The Morgan fingerprint density at radius 1 is 1.11 bits per heavy atom. The first-order valence-corrected chi connectivity index (χ1v) is 7.25. The Hall–Kier alpha value is -0.790. The van der Waals surface area contributed by atoms with Gasteiger partial charge >= 0.3 is 0 Å². The molecule has 2 heteroatoms. The van der Waals surface area contributed by atoms with Crippen molar-refractivity contribution in [2.45, 2.75) is 25.6 Å². The van der Waals surface area contributed by atoms with Crippen molar-refractivity contribution in [2.75, 3.05) is 0 Å². The molecule has 1 atom stereocenters. The van der Waals surface area contributed by atoms with Gasteiger partial charge in [0.25, 0.3) is 0 Å². The van der Waals surface area contributed by atoms with Crippen LogP contribution in [0, 0.1) is 13.8 Å². The fourth-order valence-corrected chi connectivity index (χ4v) is 3.05. The molecular weight excluding hydrogens is 308 g/mol. The number of hydrogen-bond donors (Lipinski definition) is 0. The summed E-state index contributed by atoms with van der Waals surface area (Å²) in [5.41, 5.74) is 5.02. The molecular formula is C16H16BrCl. The number of halogens is 2. The summed E-state index contributed by atoms with van der Waals surface area (Å²) in [5, 5.41) is 0.000347. The molecule has 0 nitrogen and oxygen atoms in total. The zero-order valence-corrected chi connectivity index (χ0v) is 12.9. The molecule has 0 fully saturated rings. The van der Waals surface area contributed by atoms with Crippen molar-refractivity contribution in [2.24, 2.45) is 0 Å². The minimum atomic E-state index is 0.000347. The second kappa shape index (κ2) is 5.90. The van der Waals surface area contributed by atoms with Crippen LogP contribution in [-0.2, 0) is 6.42 Å². The monoisotopic (exact) mass is 322 g/mol. The van der Waals surface area contributed by atoms with Crippen LogP contribution in [0.5, 0.6) is 0 Å². The highest BCUT2D eigenvalue weighted by atomic mass is 79.9. The maximum Gasteiger partial charge on any atom is 0.0636 e. The summed E-state index contributed by atoms with van der Waals surface area (Å²) in [6.07, 6.45) is 0.857. The first kappa shape index (κ1) is 13.6. The van der Waals surface area contributed by atoms with Crippen LogP contribution in [0.25, 0.3) is 0 Å². The third-order valence-corrected chi connectivity index (χ3v) is 4.26. The van der Waals surface area contributed by atoms with Gasteiger partial charge in [0.2, 0.25) is 0 Å². The molecule has 0 saturated heterocycles. The van der Waals surface area contributed by atoms with Crippen molar-refractivity contribution >= 4 is 27.5 Å². The van der Waals surface area contributed by atoms with Crippen LogP contribution in [-0.4, -0.2) is 0 Å². The lowest BCUT2D eigenvalue weighted by molar-refractivity contribution is 0.904. The highest BCUT2D eigenvalue weighted by molar-refractivity contribution is 9.10. The Balaban J connectivity index is 2.25. The Morgan fingerprint density at radius 2 is 1.83 bits per heavy atom. The van der Waals surface area contributed by atoms with E-state index < -0.39 is 0 Å². The second-order valence-corrected chi connectivity index (χ2v) is 6.00. The number of alkyl halides is 1. The Morgan fingerprint density at radius 3 is 2.56 bits per heavy atom. The fraction of sp³-hybridized carbons (Fsp3) is 0.250. The average Bonchev–Trinajstić information content (AvgIpc) is 2.35. The standard InChI is InChI=1S/C16H16BrCl/c1-11-7-8-15(17)14(9-11)16(18)10-13-6-4-3-5-12(13)2/h3-9,16H,10H2,1-2H3. The van der Waals surface area contributed by atoms with Crippen LogP contribution in [0.15, 0.2) is 46.9 Å². The van der Waals surface area contributed by atoms with Gasteiger partial charge < -0.3 is 0 Å². The van der Waals surface area contributed by atoms with E-state index in [0.717, 1.165) is 10.9 Å². The molecule has 0 aromatic heterocycles. The van der Waals surface area contributed by atoms with Gasteiger partial charge in [-0.25, -0.2) is 0 Å². The van der Waals surface area contributed by atoms with Gasteiger partial charge in [0.05, 0.1) is 5.38 Å². The maximum absolute atomic E-state index is 6.56. The SMILES string of the molecule is Cc1ccc(Br)c(C(Cl)Cc2ccccc2C)c1. The quantitative estimate of drug-likeness (QED) is 0.646. The third-order valence-electron chi connectivity index (χ3n) is 3.15. The van der Waals surface area contributed by atoms with Crippen molar-refractivity contribution in [3.05, 3.63) is 69.2 Å². The van der Waals surface area contributed by atoms with Gasteiger partial charge in [-0.2, -0.15) is 0 Å². The van der Waals surface area contributed by atoms with Gasteiger partial charge in [-0.15, -0.1) is 11.6 Å². The fourth-order valence-electron chi connectivity index (χ4n) is 2.05. The van der Waals surface area contributed by atoms with Crippen LogP contribution < -0.4 is 0 Å². The predicted molar refractivity (Wildman–Crippen MR) is 82.4 cm³/mol. The van der Waals surface area contributed by atoms with Gasteiger partial charge in [-0.1, -0.05) is 57.9 Å². The summed E-state index contributed by atoms with van der Waals surface area (Å²) >= 11 is 10.1. The van der Waals surface area contributed by atoms with E-state index in [2.05, 4.69) is 72.2 Å². The Bertz CT molecular complexity index is 549. The van der Waals surface area contributed by atoms with Crippen molar-refractivity contribution in [3.8, 4) is 0 Å². The Kier molecular flexibility index (Phi) is 4.47. The Labute approximate surface area is 122 Å². The summed E-state index contributed by atoms with van der Waals surface area (Å²) in [6.45, 7) is 4.22. The normalized spacial score (nSPS) is 12.4. The largest absolute Gasteiger partial charge is 0.117 e. The van der Waals surface area contributed by atoms with Crippen molar-refractivity contribution in [3.63, 3.8) is 0 Å². The first-order chi connectivity index (χ1) is 8.58. The van der Waals surface area contributed by atoms with Crippen LogP contribution in [0.4, 0.5) is 0 Å². The smallest absolute Gasteiger partial charge is 0.0636 e. The molecule has 0 radical (unpaired) electrons. The van der Waals surface area contributed by atoms with E-state index in [0.29, 0.717) is 0 Å². The maximum atomic E-state index is 6.56. The summed E-state index contributed by atoms with van der Waals surface area (Å²) < 4.78 is 1.08. The van der Waals surface area contributed by atoms with Gasteiger partial charge in [0.15, 0.2) is 0 Å². The molecule has 0 spiro atoms. The van der Waals surface area contributed by atoms with E-state index in [4.69, 9.17) is 11.6 Å². The van der Waals surface area contributed by atoms with E-state index in [1.807, 2.05) is 0 Å². The van der Waals surface area contributed by atoms with Crippen LogP contribution in [0.3, 0.4) is 0 Å². The van der Waals surface area contributed by atoms with Crippen LogP contribution in [0.2, 0.25) is 0 Å². The second-order valence-electron chi connectivity index (χ2n) is 4.62. The topological polar surface area (TPSA) is 0 Å². The summed E-state index contributed by atoms with van der Waals surface area (Å²) in [7, 11) is 0. The molecule has 0 amide bonds. The number of aryl methyl sites for hydroxylation is 2. The molecule has 94 valence electrons. The molecule has 2 aromatic rings. The third kappa shape index (κ3) is 3.15. The first-order valence-electron chi connectivity index (χ1n) is 6.02. The lowest BCUT2D eigenvalue weighted by atomic mass is 9.99. The molecule has 0 aliphatic rings. The van der Waals surface area contributed by atoms with Crippen molar-refractivity contribution in [1.82, 2.24) is 0 Å². The van der Waals surface area contributed by atoms with E-state index in [9.17, 15) is 0 Å².